The highest BCUT2D eigenvalue weighted by atomic mass is 19.4. The van der Waals surface area contributed by atoms with Gasteiger partial charge < -0.3 is 4.74 Å². The maximum absolute atomic E-state index is 12.7. The van der Waals surface area contributed by atoms with Crippen LogP contribution in [0.15, 0.2) is 42.5 Å². The Morgan fingerprint density at radius 1 is 1.05 bits per heavy atom. The Morgan fingerprint density at radius 2 is 1.79 bits per heavy atom. The summed E-state index contributed by atoms with van der Waals surface area (Å²) in [6, 6.07) is 10.9. The highest BCUT2D eigenvalue weighted by Crippen LogP contribution is 2.37. The highest BCUT2D eigenvalue weighted by molar-refractivity contribution is 5.38. The van der Waals surface area contributed by atoms with E-state index in [-0.39, 0.29) is 17.3 Å². The average Bonchev–Trinajstić information content (AvgIpc) is 2.38. The fraction of sp³-hybridized carbons (Fsp3) is 0.0769. The summed E-state index contributed by atoms with van der Waals surface area (Å²) in [5.41, 5.74) is -0.818. The monoisotopic (exact) mass is 264 g/mol. The maximum Gasteiger partial charge on any atom is 0.419 e. The van der Waals surface area contributed by atoms with E-state index < -0.39 is 11.7 Å². The minimum Gasteiger partial charge on any atom is -0.438 e. The van der Waals surface area contributed by atoms with Crippen molar-refractivity contribution >= 4 is 0 Å². The summed E-state index contributed by atoms with van der Waals surface area (Å²) < 4.78 is 43.3. The molecule has 0 fully saturated rings. The molecule has 0 saturated heterocycles. The molecule has 0 bridgehead atoms. The van der Waals surface area contributed by atoms with Crippen LogP contribution in [-0.2, 0) is 6.18 Å². The van der Waals surface area contributed by atoms with Gasteiger partial charge in [-0.1, -0.05) is 18.2 Å². The number of nitrogens with zero attached hydrogens (tertiary/aromatic N) is 2. The molecule has 0 amide bonds. The number of hydrogen-bond acceptors (Lipinski definition) is 3. The van der Waals surface area contributed by atoms with Gasteiger partial charge in [0.15, 0.2) is 0 Å². The number of para-hydroxylation sites is 1. The number of pyridine rings is 1. The SMILES string of the molecule is N#Cc1cccc(Oc2ccccc2C(F)(F)F)n1. The van der Waals surface area contributed by atoms with Crippen LogP contribution in [-0.4, -0.2) is 4.98 Å². The third-order valence-electron chi connectivity index (χ3n) is 2.25. The molecule has 3 nitrogen and oxygen atoms in total. The molecule has 1 aromatic heterocycles. The maximum atomic E-state index is 12.7. The second-order valence-corrected chi connectivity index (χ2v) is 3.57. The third kappa shape index (κ3) is 3.01. The van der Waals surface area contributed by atoms with Crippen molar-refractivity contribution in [2.75, 3.05) is 0 Å². The Balaban J connectivity index is 2.36. The van der Waals surface area contributed by atoms with E-state index in [1.54, 1.807) is 6.07 Å². The van der Waals surface area contributed by atoms with Crippen LogP contribution in [0.1, 0.15) is 11.3 Å². The van der Waals surface area contributed by atoms with Gasteiger partial charge in [-0.05, 0) is 18.2 Å². The summed E-state index contributed by atoms with van der Waals surface area (Å²) in [7, 11) is 0. The van der Waals surface area contributed by atoms with Crippen molar-refractivity contribution in [3.05, 3.63) is 53.7 Å². The summed E-state index contributed by atoms with van der Waals surface area (Å²) in [6.07, 6.45) is -4.51. The molecule has 0 saturated carbocycles. The summed E-state index contributed by atoms with van der Waals surface area (Å²) in [5, 5.41) is 8.66. The van der Waals surface area contributed by atoms with E-state index in [0.29, 0.717) is 0 Å². The van der Waals surface area contributed by atoms with E-state index in [0.717, 1.165) is 6.07 Å². The van der Waals surface area contributed by atoms with E-state index in [1.165, 1.54) is 36.4 Å². The van der Waals surface area contributed by atoms with Gasteiger partial charge in [0.25, 0.3) is 0 Å². The molecule has 96 valence electrons. The molecule has 1 aromatic carbocycles. The molecule has 0 atom stereocenters. The van der Waals surface area contributed by atoms with Gasteiger partial charge in [0.05, 0.1) is 5.56 Å². The van der Waals surface area contributed by atoms with E-state index in [9.17, 15) is 13.2 Å². The summed E-state index contributed by atoms with van der Waals surface area (Å²) in [4.78, 5) is 3.76. The molecular formula is C13H7F3N2O. The van der Waals surface area contributed by atoms with Crippen LogP contribution in [0.4, 0.5) is 13.2 Å². The Kier molecular flexibility index (Phi) is 3.38. The average molecular weight is 264 g/mol. The van der Waals surface area contributed by atoms with Gasteiger partial charge in [-0.25, -0.2) is 4.98 Å². The van der Waals surface area contributed by atoms with E-state index in [2.05, 4.69) is 4.98 Å². The summed E-state index contributed by atoms with van der Waals surface area (Å²) >= 11 is 0. The first-order chi connectivity index (χ1) is 9.00. The molecule has 0 spiro atoms. The standard InChI is InChI=1S/C13H7F3N2O/c14-13(15,16)10-5-1-2-6-11(10)19-12-7-3-4-9(8-17)18-12/h1-7H. The molecule has 0 radical (unpaired) electrons. The number of halogens is 3. The molecule has 19 heavy (non-hydrogen) atoms. The number of benzene rings is 1. The van der Waals surface area contributed by atoms with Crippen molar-refractivity contribution in [2.45, 2.75) is 6.18 Å². The number of rotatable bonds is 2. The normalized spacial score (nSPS) is 10.8. The lowest BCUT2D eigenvalue weighted by atomic mass is 10.2. The van der Waals surface area contributed by atoms with Crippen molar-refractivity contribution in [1.82, 2.24) is 4.98 Å². The molecule has 6 heteroatoms. The molecule has 0 aliphatic carbocycles. The number of aromatic nitrogens is 1. The van der Waals surface area contributed by atoms with Gasteiger partial charge in [0.1, 0.15) is 17.5 Å². The Morgan fingerprint density at radius 3 is 2.47 bits per heavy atom. The molecule has 0 aliphatic rings. The number of nitriles is 1. The van der Waals surface area contributed by atoms with E-state index in [4.69, 9.17) is 10.00 Å². The van der Waals surface area contributed by atoms with Crippen molar-refractivity contribution < 1.29 is 17.9 Å². The minimum absolute atomic E-state index is 0.0595. The van der Waals surface area contributed by atoms with Crippen LogP contribution in [0.2, 0.25) is 0 Å². The summed E-state index contributed by atoms with van der Waals surface area (Å²) in [5.74, 6) is -0.409. The lowest BCUT2D eigenvalue weighted by Gasteiger charge is -2.12. The lowest BCUT2D eigenvalue weighted by molar-refractivity contribution is -0.138. The quantitative estimate of drug-likeness (QED) is 0.829. The van der Waals surface area contributed by atoms with Crippen molar-refractivity contribution in [3.8, 4) is 17.7 Å². The third-order valence-corrected chi connectivity index (χ3v) is 2.25. The van der Waals surface area contributed by atoms with Gasteiger partial charge in [-0.2, -0.15) is 18.4 Å². The topological polar surface area (TPSA) is 45.9 Å². The van der Waals surface area contributed by atoms with E-state index in [1.807, 2.05) is 0 Å². The second kappa shape index (κ2) is 4.98. The Labute approximate surface area is 106 Å². The number of alkyl halides is 3. The molecule has 0 aliphatic heterocycles. The van der Waals surface area contributed by atoms with Crippen LogP contribution in [0, 0.1) is 11.3 Å². The minimum atomic E-state index is -4.51. The van der Waals surface area contributed by atoms with Crippen LogP contribution < -0.4 is 4.74 Å². The van der Waals surface area contributed by atoms with Crippen molar-refractivity contribution in [2.24, 2.45) is 0 Å². The van der Waals surface area contributed by atoms with Crippen LogP contribution in [0.5, 0.6) is 11.6 Å². The predicted molar refractivity (Wildman–Crippen MR) is 60.5 cm³/mol. The van der Waals surface area contributed by atoms with Crippen LogP contribution >= 0.6 is 0 Å². The van der Waals surface area contributed by atoms with Gasteiger partial charge in [-0.15, -0.1) is 0 Å². The molecular weight excluding hydrogens is 257 g/mol. The number of ether oxygens (including phenoxy) is 1. The Bertz CT molecular complexity index is 632. The fourth-order valence-corrected chi connectivity index (χ4v) is 1.44. The first-order valence-electron chi connectivity index (χ1n) is 5.22. The van der Waals surface area contributed by atoms with E-state index >= 15 is 0 Å². The molecule has 2 rings (SSSR count). The van der Waals surface area contributed by atoms with Gasteiger partial charge in [0.2, 0.25) is 5.88 Å². The van der Waals surface area contributed by atoms with Gasteiger partial charge in [0, 0.05) is 6.07 Å². The van der Waals surface area contributed by atoms with Crippen molar-refractivity contribution in [1.29, 1.82) is 5.26 Å². The Hall–Kier alpha value is -2.55. The van der Waals surface area contributed by atoms with Gasteiger partial charge >= 0.3 is 6.18 Å². The molecule has 0 N–H and O–H groups in total. The first-order valence-corrected chi connectivity index (χ1v) is 5.22. The second-order valence-electron chi connectivity index (χ2n) is 3.57. The zero-order valence-corrected chi connectivity index (χ0v) is 9.48. The smallest absolute Gasteiger partial charge is 0.419 e. The van der Waals surface area contributed by atoms with Crippen molar-refractivity contribution in [3.63, 3.8) is 0 Å². The van der Waals surface area contributed by atoms with Crippen LogP contribution in [0.25, 0.3) is 0 Å². The lowest BCUT2D eigenvalue weighted by Crippen LogP contribution is -2.07. The molecule has 1 heterocycles. The van der Waals surface area contributed by atoms with Gasteiger partial charge in [-0.3, -0.25) is 0 Å². The molecule has 2 aromatic rings. The highest BCUT2D eigenvalue weighted by Gasteiger charge is 2.34. The zero-order chi connectivity index (χ0) is 13.9. The zero-order valence-electron chi connectivity index (χ0n) is 9.48. The first kappa shape index (κ1) is 12.9. The predicted octanol–water partition coefficient (Wildman–Crippen LogP) is 3.76. The largest absolute Gasteiger partial charge is 0.438 e. The van der Waals surface area contributed by atoms with Crippen LogP contribution in [0.3, 0.4) is 0 Å². The summed E-state index contributed by atoms with van der Waals surface area (Å²) in [6.45, 7) is 0. The fourth-order valence-electron chi connectivity index (χ4n) is 1.44. The molecule has 0 unspecified atom stereocenters. The number of hydrogen-bond donors (Lipinski definition) is 0.